The topological polar surface area (TPSA) is 58.3 Å². The molecule has 118 valence electrons. The molecule has 0 spiro atoms. The molecule has 0 bridgehead atoms. The van der Waals surface area contributed by atoms with Crippen LogP contribution in [0.5, 0.6) is 0 Å². The molecule has 1 atom stereocenters. The fourth-order valence-corrected chi connectivity index (χ4v) is 3.09. The second-order valence-electron chi connectivity index (χ2n) is 6.44. The second-order valence-corrected chi connectivity index (χ2v) is 7.23. The first-order valence-electron chi connectivity index (χ1n) is 7.59. The van der Waals surface area contributed by atoms with Crippen molar-refractivity contribution in [2.45, 2.75) is 32.7 Å². The first kappa shape index (κ1) is 16.6. The zero-order chi connectivity index (χ0) is 15.6. The molecule has 1 saturated heterocycles. The lowest BCUT2D eigenvalue weighted by atomic mass is 10.1. The van der Waals surface area contributed by atoms with Gasteiger partial charge in [0.15, 0.2) is 0 Å². The molecule has 2 rings (SSSR count). The molecule has 6 heteroatoms. The summed E-state index contributed by atoms with van der Waals surface area (Å²) in [6, 6.07) is 0.207. The van der Waals surface area contributed by atoms with E-state index in [2.05, 4.69) is 58.7 Å². The van der Waals surface area contributed by atoms with Crippen LogP contribution in [0.1, 0.15) is 37.8 Å². The summed E-state index contributed by atoms with van der Waals surface area (Å²) in [6.07, 6.45) is 2.08. The van der Waals surface area contributed by atoms with Gasteiger partial charge in [0.1, 0.15) is 11.6 Å². The summed E-state index contributed by atoms with van der Waals surface area (Å²) >= 11 is 3.54. The van der Waals surface area contributed by atoms with E-state index in [1.165, 1.54) is 6.42 Å². The van der Waals surface area contributed by atoms with Gasteiger partial charge in [-0.1, -0.05) is 13.8 Å². The van der Waals surface area contributed by atoms with Crippen LogP contribution in [0.25, 0.3) is 0 Å². The lowest BCUT2D eigenvalue weighted by molar-refractivity contribution is 0.219. The molecular weight excluding hydrogens is 330 g/mol. The molecule has 0 saturated carbocycles. The third-order valence-electron chi connectivity index (χ3n) is 3.93. The number of nitrogens with zero attached hydrogens (tertiary/aromatic N) is 4. The molecule has 21 heavy (non-hydrogen) atoms. The minimum Gasteiger partial charge on any atom is -0.383 e. The standard InChI is InChI=1S/C15H26BrN5/c1-10(2)8-11-13(16)14(17)19-15(18-11)12-9-20(3)6-5-7-21(12)4/h10,12H,5-9H2,1-4H3,(H2,17,18,19). The molecule has 1 fully saturated rings. The molecular formula is C15H26BrN5. The van der Waals surface area contributed by atoms with Crippen molar-refractivity contribution in [1.29, 1.82) is 0 Å². The third kappa shape index (κ3) is 4.14. The van der Waals surface area contributed by atoms with Gasteiger partial charge in [0.05, 0.1) is 16.2 Å². The fourth-order valence-electron chi connectivity index (χ4n) is 2.75. The summed E-state index contributed by atoms with van der Waals surface area (Å²) in [6.45, 7) is 7.50. The molecule has 1 aliphatic rings. The average Bonchev–Trinajstić information content (AvgIpc) is 2.56. The molecule has 0 aromatic carbocycles. The van der Waals surface area contributed by atoms with E-state index in [0.29, 0.717) is 11.7 Å². The van der Waals surface area contributed by atoms with Gasteiger partial charge in [0.2, 0.25) is 0 Å². The molecule has 5 nitrogen and oxygen atoms in total. The fraction of sp³-hybridized carbons (Fsp3) is 0.733. The smallest absolute Gasteiger partial charge is 0.149 e. The highest BCUT2D eigenvalue weighted by molar-refractivity contribution is 9.10. The van der Waals surface area contributed by atoms with E-state index in [1.54, 1.807) is 0 Å². The Balaban J connectivity index is 2.35. The van der Waals surface area contributed by atoms with Crippen LogP contribution in [-0.4, -0.2) is 53.5 Å². The maximum absolute atomic E-state index is 6.09. The minimum absolute atomic E-state index is 0.207. The molecule has 0 radical (unpaired) electrons. The zero-order valence-corrected chi connectivity index (χ0v) is 15.0. The maximum atomic E-state index is 6.09. The highest BCUT2D eigenvalue weighted by Crippen LogP contribution is 2.27. The molecule has 1 unspecified atom stereocenters. The van der Waals surface area contributed by atoms with Gasteiger partial charge in [-0.2, -0.15) is 0 Å². The van der Waals surface area contributed by atoms with E-state index in [9.17, 15) is 0 Å². The largest absolute Gasteiger partial charge is 0.383 e. The van der Waals surface area contributed by atoms with E-state index >= 15 is 0 Å². The van der Waals surface area contributed by atoms with Crippen molar-refractivity contribution < 1.29 is 0 Å². The van der Waals surface area contributed by atoms with Crippen molar-refractivity contribution in [2.75, 3.05) is 39.5 Å². The van der Waals surface area contributed by atoms with Crippen LogP contribution >= 0.6 is 15.9 Å². The van der Waals surface area contributed by atoms with Gasteiger partial charge in [-0.05, 0) is 61.9 Å². The number of nitrogens with two attached hydrogens (primary N) is 1. The van der Waals surface area contributed by atoms with Crippen LogP contribution in [-0.2, 0) is 6.42 Å². The maximum Gasteiger partial charge on any atom is 0.149 e. The van der Waals surface area contributed by atoms with E-state index < -0.39 is 0 Å². The second kappa shape index (κ2) is 7.03. The Morgan fingerprint density at radius 2 is 2.00 bits per heavy atom. The number of likely N-dealkylation sites (N-methyl/N-ethyl adjacent to an activating group) is 2. The lowest BCUT2D eigenvalue weighted by Gasteiger charge is -2.27. The molecule has 2 heterocycles. The van der Waals surface area contributed by atoms with Gasteiger partial charge < -0.3 is 10.6 Å². The van der Waals surface area contributed by atoms with Crippen molar-refractivity contribution in [1.82, 2.24) is 19.8 Å². The number of rotatable bonds is 3. The Morgan fingerprint density at radius 1 is 1.29 bits per heavy atom. The van der Waals surface area contributed by atoms with Gasteiger partial charge in [-0.3, -0.25) is 4.90 Å². The lowest BCUT2D eigenvalue weighted by Crippen LogP contribution is -2.32. The van der Waals surface area contributed by atoms with Crippen LogP contribution in [0.2, 0.25) is 0 Å². The Labute approximate surface area is 136 Å². The van der Waals surface area contributed by atoms with E-state index in [-0.39, 0.29) is 6.04 Å². The van der Waals surface area contributed by atoms with Gasteiger partial charge in [0, 0.05) is 6.54 Å². The van der Waals surface area contributed by atoms with E-state index in [4.69, 9.17) is 10.7 Å². The minimum atomic E-state index is 0.207. The number of hydrogen-bond acceptors (Lipinski definition) is 5. The van der Waals surface area contributed by atoms with Crippen LogP contribution in [0.4, 0.5) is 5.82 Å². The number of anilines is 1. The van der Waals surface area contributed by atoms with E-state index in [0.717, 1.165) is 42.0 Å². The Morgan fingerprint density at radius 3 is 2.67 bits per heavy atom. The SMILES string of the molecule is CC(C)Cc1nc(C2CN(C)CCCN2C)nc(N)c1Br. The summed E-state index contributed by atoms with van der Waals surface area (Å²) in [7, 11) is 4.30. The van der Waals surface area contributed by atoms with Gasteiger partial charge in [0.25, 0.3) is 0 Å². The molecule has 0 amide bonds. The first-order chi connectivity index (χ1) is 9.88. The Bertz CT molecular complexity index is 491. The van der Waals surface area contributed by atoms with Gasteiger partial charge in [-0.25, -0.2) is 9.97 Å². The monoisotopic (exact) mass is 355 g/mol. The third-order valence-corrected chi connectivity index (χ3v) is 4.79. The number of halogens is 1. The average molecular weight is 356 g/mol. The normalized spacial score (nSPS) is 21.7. The summed E-state index contributed by atoms with van der Waals surface area (Å²) in [4.78, 5) is 14.0. The molecule has 0 aliphatic carbocycles. The summed E-state index contributed by atoms with van der Waals surface area (Å²) in [5, 5.41) is 0. The number of nitrogen functional groups attached to an aromatic ring is 1. The van der Waals surface area contributed by atoms with Crippen molar-refractivity contribution in [3.8, 4) is 0 Å². The molecule has 2 N–H and O–H groups in total. The Hall–Kier alpha value is -0.720. The van der Waals surface area contributed by atoms with Gasteiger partial charge in [-0.15, -0.1) is 0 Å². The van der Waals surface area contributed by atoms with Crippen LogP contribution in [0, 0.1) is 5.92 Å². The van der Waals surface area contributed by atoms with Gasteiger partial charge >= 0.3 is 0 Å². The van der Waals surface area contributed by atoms with Crippen LogP contribution < -0.4 is 5.73 Å². The molecule has 1 aromatic heterocycles. The first-order valence-corrected chi connectivity index (χ1v) is 8.38. The highest BCUT2D eigenvalue weighted by atomic mass is 79.9. The van der Waals surface area contributed by atoms with Crippen molar-refractivity contribution in [3.05, 3.63) is 16.0 Å². The molecule has 1 aromatic rings. The zero-order valence-electron chi connectivity index (χ0n) is 13.4. The van der Waals surface area contributed by atoms with Crippen molar-refractivity contribution in [3.63, 3.8) is 0 Å². The number of hydrogen-bond donors (Lipinski definition) is 1. The van der Waals surface area contributed by atoms with Crippen LogP contribution in [0.15, 0.2) is 4.47 Å². The van der Waals surface area contributed by atoms with Crippen molar-refractivity contribution >= 4 is 21.7 Å². The summed E-state index contributed by atoms with van der Waals surface area (Å²) < 4.78 is 0.851. The number of aromatic nitrogens is 2. The highest BCUT2D eigenvalue weighted by Gasteiger charge is 2.26. The molecule has 1 aliphatic heterocycles. The van der Waals surface area contributed by atoms with Crippen LogP contribution in [0.3, 0.4) is 0 Å². The summed E-state index contributed by atoms with van der Waals surface area (Å²) in [5.74, 6) is 1.94. The predicted molar refractivity (Wildman–Crippen MR) is 90.2 cm³/mol. The predicted octanol–water partition coefficient (Wildman–Crippen LogP) is 2.33. The Kier molecular flexibility index (Phi) is 5.57. The quantitative estimate of drug-likeness (QED) is 0.901. The van der Waals surface area contributed by atoms with Crippen molar-refractivity contribution in [2.24, 2.45) is 5.92 Å². The van der Waals surface area contributed by atoms with E-state index in [1.807, 2.05) is 0 Å². The summed E-state index contributed by atoms with van der Waals surface area (Å²) in [5.41, 5.74) is 7.11.